The van der Waals surface area contributed by atoms with Gasteiger partial charge < -0.3 is 14.7 Å². The first kappa shape index (κ1) is 18.9. The van der Waals surface area contributed by atoms with Crippen molar-refractivity contribution in [1.29, 1.82) is 0 Å². The quantitative estimate of drug-likeness (QED) is 0.756. The molecule has 0 spiro atoms. The van der Waals surface area contributed by atoms with Gasteiger partial charge in [0, 0.05) is 30.4 Å². The number of nitrogens with zero attached hydrogens (tertiary/aromatic N) is 1. The summed E-state index contributed by atoms with van der Waals surface area (Å²) in [5.41, 5.74) is 0.246. The summed E-state index contributed by atoms with van der Waals surface area (Å²) in [4.78, 5) is 14.5. The van der Waals surface area contributed by atoms with Crippen molar-refractivity contribution >= 4 is 22.0 Å². The summed E-state index contributed by atoms with van der Waals surface area (Å²) in [5, 5.41) is 10.4. The number of aliphatic hydroxyl groups is 1. The molecule has 1 aliphatic rings. The summed E-state index contributed by atoms with van der Waals surface area (Å²) in [7, 11) is 0. The molecule has 1 N–H and O–H groups in total. The number of amides is 1. The zero-order valence-corrected chi connectivity index (χ0v) is 16.7. The molecule has 5 heteroatoms. The molecule has 1 fully saturated rings. The number of cyclic esters (lactones) is 1. The van der Waals surface area contributed by atoms with Gasteiger partial charge in [0.1, 0.15) is 5.60 Å². The van der Waals surface area contributed by atoms with E-state index in [1.54, 1.807) is 18.7 Å². The molecule has 138 valence electrons. The summed E-state index contributed by atoms with van der Waals surface area (Å²) < 4.78 is 6.97. The molecule has 1 atom stereocenters. The molecule has 4 nitrogen and oxygen atoms in total. The fourth-order valence-corrected chi connectivity index (χ4v) is 3.78. The van der Waals surface area contributed by atoms with Gasteiger partial charge in [0.25, 0.3) is 0 Å². The normalized spacial score (nSPS) is 20.8. The van der Waals surface area contributed by atoms with Crippen molar-refractivity contribution in [3.8, 4) is 0 Å². The van der Waals surface area contributed by atoms with Crippen LogP contribution in [-0.2, 0) is 16.9 Å². The lowest BCUT2D eigenvalue weighted by Gasteiger charge is -2.44. The Morgan fingerprint density at radius 2 is 1.81 bits per heavy atom. The molecule has 3 rings (SSSR count). The maximum Gasteiger partial charge on any atom is 0.410 e. The molecule has 1 aliphatic heterocycles. The Morgan fingerprint density at radius 3 is 2.38 bits per heavy atom. The number of halogens is 1. The monoisotopic (exact) mass is 417 g/mol. The molecule has 1 amide bonds. The van der Waals surface area contributed by atoms with E-state index in [-0.39, 0.29) is 6.09 Å². The van der Waals surface area contributed by atoms with Gasteiger partial charge in [-0.1, -0.05) is 58.4 Å². The van der Waals surface area contributed by atoms with Crippen molar-refractivity contribution < 1.29 is 14.6 Å². The van der Waals surface area contributed by atoms with Crippen molar-refractivity contribution in [3.63, 3.8) is 0 Å². The maximum atomic E-state index is 12.8. The minimum atomic E-state index is -0.940. The van der Waals surface area contributed by atoms with Gasteiger partial charge in [-0.25, -0.2) is 4.79 Å². The van der Waals surface area contributed by atoms with E-state index in [9.17, 15) is 9.90 Å². The van der Waals surface area contributed by atoms with E-state index in [1.807, 2.05) is 54.6 Å². The van der Waals surface area contributed by atoms with E-state index in [2.05, 4.69) is 15.9 Å². The predicted molar refractivity (Wildman–Crippen MR) is 105 cm³/mol. The van der Waals surface area contributed by atoms with Gasteiger partial charge in [-0.3, -0.25) is 0 Å². The molecule has 2 aromatic rings. The molecule has 26 heavy (non-hydrogen) atoms. The summed E-state index contributed by atoms with van der Waals surface area (Å²) >= 11 is 3.42. The second-order valence-corrected chi connectivity index (χ2v) is 8.43. The molecule has 1 unspecified atom stereocenters. The topological polar surface area (TPSA) is 49.8 Å². The molecular formula is C21H24BrNO3. The zero-order chi connectivity index (χ0) is 18.8. The van der Waals surface area contributed by atoms with Crippen molar-refractivity contribution in [2.75, 3.05) is 6.54 Å². The maximum absolute atomic E-state index is 12.8. The molecule has 1 saturated heterocycles. The summed E-state index contributed by atoms with van der Waals surface area (Å²) in [6.45, 7) is 4.60. The number of hydrogen-bond acceptors (Lipinski definition) is 3. The SMILES string of the molecule is CC(C)(O)CC1(c2ccccc2)CCN(Cc2ccc(Br)cc2)C(=O)O1. The van der Waals surface area contributed by atoms with Gasteiger partial charge in [-0.15, -0.1) is 0 Å². The van der Waals surface area contributed by atoms with Crippen LogP contribution in [0.4, 0.5) is 4.79 Å². The number of carbonyl (C=O) groups excluding carboxylic acids is 1. The van der Waals surface area contributed by atoms with Gasteiger partial charge in [-0.2, -0.15) is 0 Å². The fraction of sp³-hybridized carbons (Fsp3) is 0.381. The number of carbonyl (C=O) groups is 1. The van der Waals surface area contributed by atoms with E-state index >= 15 is 0 Å². The van der Waals surface area contributed by atoms with Crippen LogP contribution in [-0.4, -0.2) is 28.2 Å². The van der Waals surface area contributed by atoms with Crippen LogP contribution in [0.3, 0.4) is 0 Å². The minimum absolute atomic E-state index is 0.340. The van der Waals surface area contributed by atoms with Crippen LogP contribution in [0.1, 0.15) is 37.8 Å². The Kier molecular flexibility index (Phi) is 5.39. The van der Waals surface area contributed by atoms with E-state index in [0.29, 0.717) is 25.9 Å². The lowest BCUT2D eigenvalue weighted by atomic mass is 9.80. The summed E-state index contributed by atoms with van der Waals surface area (Å²) in [5.74, 6) is 0. The zero-order valence-electron chi connectivity index (χ0n) is 15.1. The van der Waals surface area contributed by atoms with E-state index < -0.39 is 11.2 Å². The van der Waals surface area contributed by atoms with Crippen LogP contribution in [0.2, 0.25) is 0 Å². The molecular weight excluding hydrogens is 394 g/mol. The molecule has 0 aromatic heterocycles. The van der Waals surface area contributed by atoms with Crippen LogP contribution in [0.15, 0.2) is 59.1 Å². The van der Waals surface area contributed by atoms with E-state index in [0.717, 1.165) is 15.6 Å². The van der Waals surface area contributed by atoms with Gasteiger partial charge in [0.2, 0.25) is 0 Å². The first-order valence-electron chi connectivity index (χ1n) is 8.78. The highest BCUT2D eigenvalue weighted by atomic mass is 79.9. The molecule has 0 radical (unpaired) electrons. The minimum Gasteiger partial charge on any atom is -0.438 e. The lowest BCUT2D eigenvalue weighted by molar-refractivity contribution is -0.0973. The van der Waals surface area contributed by atoms with Crippen molar-refractivity contribution in [1.82, 2.24) is 4.90 Å². The lowest BCUT2D eigenvalue weighted by Crippen LogP contribution is -2.50. The second kappa shape index (κ2) is 7.41. The Balaban J connectivity index is 1.80. The Morgan fingerprint density at radius 1 is 1.15 bits per heavy atom. The van der Waals surface area contributed by atoms with Crippen molar-refractivity contribution in [3.05, 3.63) is 70.2 Å². The van der Waals surface area contributed by atoms with E-state index in [4.69, 9.17) is 4.74 Å². The van der Waals surface area contributed by atoms with Crippen LogP contribution < -0.4 is 0 Å². The third kappa shape index (κ3) is 4.46. The van der Waals surface area contributed by atoms with Crippen molar-refractivity contribution in [2.45, 2.75) is 44.4 Å². The third-order valence-electron chi connectivity index (χ3n) is 4.63. The van der Waals surface area contributed by atoms with E-state index in [1.165, 1.54) is 0 Å². The summed E-state index contributed by atoms with van der Waals surface area (Å²) in [6.07, 6.45) is 0.665. The standard InChI is InChI=1S/C21H24BrNO3/c1-20(2,25)15-21(17-6-4-3-5-7-17)12-13-23(19(24)26-21)14-16-8-10-18(22)11-9-16/h3-11,25H,12-15H2,1-2H3. The van der Waals surface area contributed by atoms with Crippen LogP contribution >= 0.6 is 15.9 Å². The predicted octanol–water partition coefficient (Wildman–Crippen LogP) is 4.85. The smallest absolute Gasteiger partial charge is 0.410 e. The summed E-state index contributed by atoms with van der Waals surface area (Å²) in [6, 6.07) is 17.6. The number of rotatable bonds is 5. The van der Waals surface area contributed by atoms with Crippen molar-refractivity contribution in [2.24, 2.45) is 0 Å². The molecule has 2 aromatic carbocycles. The Hall–Kier alpha value is -1.85. The molecule has 0 aliphatic carbocycles. The Bertz CT molecular complexity index is 755. The number of benzene rings is 2. The van der Waals surface area contributed by atoms with Gasteiger partial charge in [-0.05, 0) is 37.1 Å². The van der Waals surface area contributed by atoms with Crippen LogP contribution in [0.25, 0.3) is 0 Å². The Labute approximate surface area is 162 Å². The highest BCUT2D eigenvalue weighted by Crippen LogP contribution is 2.40. The highest BCUT2D eigenvalue weighted by Gasteiger charge is 2.45. The van der Waals surface area contributed by atoms with Gasteiger partial charge in [0.05, 0.1) is 5.60 Å². The number of hydrogen-bond donors (Lipinski definition) is 1. The molecule has 0 saturated carbocycles. The van der Waals surface area contributed by atoms with Crippen LogP contribution in [0, 0.1) is 0 Å². The highest BCUT2D eigenvalue weighted by molar-refractivity contribution is 9.10. The molecule has 0 bridgehead atoms. The fourth-order valence-electron chi connectivity index (χ4n) is 3.51. The van der Waals surface area contributed by atoms with Gasteiger partial charge >= 0.3 is 6.09 Å². The average molecular weight is 418 g/mol. The number of ether oxygens (including phenoxy) is 1. The second-order valence-electron chi connectivity index (χ2n) is 7.52. The largest absolute Gasteiger partial charge is 0.438 e. The third-order valence-corrected chi connectivity index (χ3v) is 5.16. The van der Waals surface area contributed by atoms with Crippen LogP contribution in [0.5, 0.6) is 0 Å². The average Bonchev–Trinajstić information content (AvgIpc) is 2.59. The first-order chi connectivity index (χ1) is 12.3. The molecule has 1 heterocycles. The van der Waals surface area contributed by atoms with Gasteiger partial charge in [0.15, 0.2) is 0 Å². The first-order valence-corrected chi connectivity index (χ1v) is 9.57.